The van der Waals surface area contributed by atoms with Gasteiger partial charge >= 0.3 is 0 Å². The van der Waals surface area contributed by atoms with E-state index in [1.807, 2.05) is 30.8 Å². The summed E-state index contributed by atoms with van der Waals surface area (Å²) < 4.78 is 17.8. The molecule has 1 saturated heterocycles. The van der Waals surface area contributed by atoms with Crippen molar-refractivity contribution in [2.24, 2.45) is 0 Å². The number of alkyl halides is 1. The number of nitrogens with one attached hydrogen (secondary N) is 1. The maximum absolute atomic E-state index is 14.2. The van der Waals surface area contributed by atoms with Crippen LogP contribution in [0.2, 0.25) is 0 Å². The van der Waals surface area contributed by atoms with Gasteiger partial charge in [-0.05, 0) is 44.5 Å². The Bertz CT molecular complexity index is 1080. The maximum Gasteiger partial charge on any atom is 0.156 e. The summed E-state index contributed by atoms with van der Waals surface area (Å²) in [5, 5.41) is 13.5. The first-order valence-corrected chi connectivity index (χ1v) is 9.57. The number of aromatic nitrogens is 5. The smallest absolute Gasteiger partial charge is 0.156 e. The Morgan fingerprint density at radius 3 is 2.92 bits per heavy atom. The SMILES string of the molecule is Cc1cn2nc(-c3cc4cn([C@@H]5CCNC[C@@H]5F)nc4s3)cc(C)c2n1. The zero-order valence-corrected chi connectivity index (χ0v) is 15.4. The van der Waals surface area contributed by atoms with Crippen molar-refractivity contribution in [2.45, 2.75) is 32.5 Å². The molecule has 1 aliphatic heterocycles. The number of aryl methyl sites for hydroxylation is 2. The van der Waals surface area contributed by atoms with Crippen molar-refractivity contribution in [2.75, 3.05) is 13.1 Å². The summed E-state index contributed by atoms with van der Waals surface area (Å²) in [4.78, 5) is 6.48. The van der Waals surface area contributed by atoms with Crippen molar-refractivity contribution in [3.63, 3.8) is 0 Å². The zero-order valence-electron chi connectivity index (χ0n) is 14.6. The van der Waals surface area contributed by atoms with E-state index in [-0.39, 0.29) is 6.04 Å². The molecular weight excluding hydrogens is 351 g/mol. The molecule has 0 bridgehead atoms. The van der Waals surface area contributed by atoms with Gasteiger partial charge in [0.15, 0.2) is 5.65 Å². The molecule has 8 heteroatoms. The highest BCUT2D eigenvalue weighted by atomic mass is 32.1. The normalized spacial score (nSPS) is 21.0. The lowest BCUT2D eigenvalue weighted by Crippen LogP contribution is -2.39. The fourth-order valence-electron chi connectivity index (χ4n) is 3.61. The predicted octanol–water partition coefficient (Wildman–Crippen LogP) is 3.30. The van der Waals surface area contributed by atoms with Crippen LogP contribution in [0.5, 0.6) is 0 Å². The fraction of sp³-hybridized carbons (Fsp3) is 0.389. The molecule has 1 N–H and O–H groups in total. The molecule has 1 aliphatic rings. The molecule has 1 fully saturated rings. The number of halogens is 1. The highest BCUT2D eigenvalue weighted by Crippen LogP contribution is 2.34. The lowest BCUT2D eigenvalue weighted by atomic mass is 10.1. The molecule has 0 unspecified atom stereocenters. The van der Waals surface area contributed by atoms with E-state index in [0.717, 1.165) is 50.7 Å². The molecule has 5 heterocycles. The maximum atomic E-state index is 14.2. The van der Waals surface area contributed by atoms with Gasteiger partial charge in [-0.3, -0.25) is 4.68 Å². The number of hydrogen-bond donors (Lipinski definition) is 1. The Balaban J connectivity index is 1.53. The van der Waals surface area contributed by atoms with Crippen LogP contribution in [0.4, 0.5) is 4.39 Å². The van der Waals surface area contributed by atoms with Gasteiger partial charge in [-0.2, -0.15) is 10.2 Å². The summed E-state index contributed by atoms with van der Waals surface area (Å²) in [5.41, 5.74) is 3.84. The molecule has 2 atom stereocenters. The van der Waals surface area contributed by atoms with Crippen LogP contribution in [0.3, 0.4) is 0 Å². The second kappa shape index (κ2) is 5.85. The number of hydrogen-bond acceptors (Lipinski definition) is 5. The quantitative estimate of drug-likeness (QED) is 0.588. The minimum Gasteiger partial charge on any atom is -0.314 e. The summed E-state index contributed by atoms with van der Waals surface area (Å²) in [6.45, 7) is 5.24. The Labute approximate surface area is 153 Å². The van der Waals surface area contributed by atoms with E-state index in [0.29, 0.717) is 6.54 Å². The van der Waals surface area contributed by atoms with Gasteiger partial charge < -0.3 is 5.32 Å². The van der Waals surface area contributed by atoms with Gasteiger partial charge in [0.05, 0.1) is 22.8 Å². The first kappa shape index (κ1) is 15.9. The molecular formula is C18H19FN6S. The number of imidazole rings is 1. The topological polar surface area (TPSA) is 60.0 Å². The van der Waals surface area contributed by atoms with E-state index in [1.165, 1.54) is 0 Å². The largest absolute Gasteiger partial charge is 0.314 e. The van der Waals surface area contributed by atoms with Gasteiger partial charge in [0.1, 0.15) is 16.7 Å². The second-order valence-electron chi connectivity index (χ2n) is 6.92. The number of rotatable bonds is 2. The molecule has 0 radical (unpaired) electrons. The minimum absolute atomic E-state index is 0.176. The first-order valence-electron chi connectivity index (χ1n) is 8.76. The van der Waals surface area contributed by atoms with Gasteiger partial charge in [-0.1, -0.05) is 0 Å². The summed E-state index contributed by atoms with van der Waals surface area (Å²) >= 11 is 1.59. The van der Waals surface area contributed by atoms with Crippen molar-refractivity contribution >= 4 is 27.2 Å². The molecule has 26 heavy (non-hydrogen) atoms. The van der Waals surface area contributed by atoms with Crippen LogP contribution in [0.15, 0.2) is 24.5 Å². The predicted molar refractivity (Wildman–Crippen MR) is 100 cm³/mol. The van der Waals surface area contributed by atoms with E-state index in [1.54, 1.807) is 16.0 Å². The van der Waals surface area contributed by atoms with Crippen LogP contribution in [0, 0.1) is 13.8 Å². The monoisotopic (exact) mass is 370 g/mol. The summed E-state index contributed by atoms with van der Waals surface area (Å²) in [6, 6.07) is 3.98. The third kappa shape index (κ3) is 2.52. The van der Waals surface area contributed by atoms with Crippen LogP contribution >= 0.6 is 11.3 Å². The summed E-state index contributed by atoms with van der Waals surface area (Å²) in [7, 11) is 0. The number of nitrogens with zero attached hydrogens (tertiary/aromatic N) is 5. The number of thiophene rings is 1. The van der Waals surface area contributed by atoms with Gasteiger partial charge in [0.25, 0.3) is 0 Å². The second-order valence-corrected chi connectivity index (χ2v) is 7.95. The van der Waals surface area contributed by atoms with E-state index >= 15 is 0 Å². The van der Waals surface area contributed by atoms with Crippen molar-refractivity contribution < 1.29 is 4.39 Å². The molecule has 0 aliphatic carbocycles. The van der Waals surface area contributed by atoms with Gasteiger partial charge in [0, 0.05) is 18.1 Å². The Morgan fingerprint density at radius 1 is 1.23 bits per heavy atom. The van der Waals surface area contributed by atoms with Crippen molar-refractivity contribution in [1.82, 2.24) is 29.7 Å². The Morgan fingerprint density at radius 2 is 2.12 bits per heavy atom. The molecule has 4 aromatic heterocycles. The van der Waals surface area contributed by atoms with Crippen molar-refractivity contribution in [1.29, 1.82) is 0 Å². The lowest BCUT2D eigenvalue weighted by molar-refractivity contribution is 0.174. The minimum atomic E-state index is -0.895. The van der Waals surface area contributed by atoms with Crippen LogP contribution in [0.25, 0.3) is 26.4 Å². The molecule has 0 amide bonds. The summed E-state index contributed by atoms with van der Waals surface area (Å²) in [6.07, 6.45) is 3.77. The molecule has 4 aromatic rings. The van der Waals surface area contributed by atoms with E-state index in [2.05, 4.69) is 32.6 Å². The van der Waals surface area contributed by atoms with Crippen LogP contribution in [-0.2, 0) is 0 Å². The van der Waals surface area contributed by atoms with Crippen LogP contribution in [-0.4, -0.2) is 43.6 Å². The van der Waals surface area contributed by atoms with E-state index < -0.39 is 6.17 Å². The summed E-state index contributed by atoms with van der Waals surface area (Å²) in [5.74, 6) is 0. The van der Waals surface area contributed by atoms with Crippen molar-refractivity contribution in [3.05, 3.63) is 35.8 Å². The van der Waals surface area contributed by atoms with Crippen molar-refractivity contribution in [3.8, 4) is 10.6 Å². The lowest BCUT2D eigenvalue weighted by Gasteiger charge is -2.26. The number of piperidine rings is 1. The highest BCUT2D eigenvalue weighted by molar-refractivity contribution is 7.21. The first-order chi connectivity index (χ1) is 12.6. The van der Waals surface area contributed by atoms with Gasteiger partial charge in [-0.15, -0.1) is 11.3 Å². The fourth-order valence-corrected chi connectivity index (χ4v) is 4.57. The third-order valence-electron chi connectivity index (χ3n) is 4.91. The van der Waals surface area contributed by atoms with Crippen LogP contribution in [0.1, 0.15) is 23.7 Å². The van der Waals surface area contributed by atoms with E-state index in [9.17, 15) is 4.39 Å². The average molecular weight is 370 g/mol. The zero-order chi connectivity index (χ0) is 17.8. The Kier molecular flexibility index (Phi) is 3.58. The molecule has 0 spiro atoms. The molecule has 6 nitrogen and oxygen atoms in total. The number of fused-ring (bicyclic) bond motifs is 2. The molecule has 134 valence electrons. The Hall–Kier alpha value is -2.32. The molecule has 5 rings (SSSR count). The average Bonchev–Trinajstić information content (AvgIpc) is 3.27. The van der Waals surface area contributed by atoms with Crippen LogP contribution < -0.4 is 5.32 Å². The van der Waals surface area contributed by atoms with Gasteiger partial charge in [0.2, 0.25) is 0 Å². The third-order valence-corrected chi connectivity index (χ3v) is 5.97. The molecule has 0 aromatic carbocycles. The highest BCUT2D eigenvalue weighted by Gasteiger charge is 2.27. The van der Waals surface area contributed by atoms with Gasteiger partial charge in [-0.25, -0.2) is 13.9 Å². The van der Waals surface area contributed by atoms with E-state index in [4.69, 9.17) is 0 Å². The standard InChI is InChI=1S/C18H19FN6S/c1-10-5-14(22-25-8-11(2)21-17(10)25)16-6-12-9-24(23-18(12)26-16)15-3-4-20-7-13(15)19/h5-6,8-9,13,15,20H,3-4,7H2,1-2H3/t13-,15+/m0/s1. The molecule has 0 saturated carbocycles.